The number of pyridine rings is 2. The molecule has 7 nitrogen and oxygen atoms in total. The number of nitrogens with zero attached hydrogens (tertiary/aromatic N) is 3. The van der Waals surface area contributed by atoms with Gasteiger partial charge in [0, 0.05) is 29.5 Å². The van der Waals surface area contributed by atoms with Gasteiger partial charge in [0.1, 0.15) is 12.3 Å². The van der Waals surface area contributed by atoms with Crippen LogP contribution in [-0.4, -0.2) is 28.2 Å². The quantitative estimate of drug-likeness (QED) is 0.316. The van der Waals surface area contributed by atoms with Crippen LogP contribution in [-0.2, 0) is 13.1 Å². The molecule has 0 unspecified atom stereocenters. The normalized spacial score (nSPS) is 11.5. The van der Waals surface area contributed by atoms with Crippen molar-refractivity contribution in [2.75, 3.05) is 7.11 Å². The molecule has 0 aliphatic rings. The number of aromatic hydroxyl groups is 2. The van der Waals surface area contributed by atoms with Gasteiger partial charge in [0.2, 0.25) is 5.49 Å². The van der Waals surface area contributed by atoms with Crippen molar-refractivity contribution in [3.8, 4) is 17.2 Å². The summed E-state index contributed by atoms with van der Waals surface area (Å²) in [6, 6.07) is 18.6. The van der Waals surface area contributed by atoms with E-state index in [-0.39, 0.29) is 17.1 Å². The molecule has 35 heavy (non-hydrogen) atoms. The Morgan fingerprint density at radius 2 is 1.71 bits per heavy atom. The van der Waals surface area contributed by atoms with Crippen molar-refractivity contribution in [1.29, 1.82) is 0 Å². The fourth-order valence-corrected chi connectivity index (χ4v) is 4.08. The molecule has 0 fully saturated rings. The lowest BCUT2D eigenvalue weighted by atomic mass is 10.1. The predicted molar refractivity (Wildman–Crippen MR) is 132 cm³/mol. The number of phenols is 2. The topological polar surface area (TPSA) is 87.9 Å². The van der Waals surface area contributed by atoms with Crippen LogP contribution >= 0.6 is 0 Å². The Bertz CT molecular complexity index is 1460. The van der Waals surface area contributed by atoms with E-state index >= 15 is 0 Å². The van der Waals surface area contributed by atoms with Gasteiger partial charge < -0.3 is 19.5 Å². The second kappa shape index (κ2) is 10.3. The summed E-state index contributed by atoms with van der Waals surface area (Å²) in [5.41, 5.74) is 4.19. The number of hydrogen-bond donors (Lipinski definition) is 2. The number of carbonyl (C=O) groups is 1. The Hall–Kier alpha value is -4.39. The van der Waals surface area contributed by atoms with Crippen LogP contribution in [0.3, 0.4) is 0 Å². The van der Waals surface area contributed by atoms with Crippen molar-refractivity contribution in [3.05, 3.63) is 106 Å². The van der Waals surface area contributed by atoms with Crippen LogP contribution in [0.15, 0.2) is 78.0 Å². The van der Waals surface area contributed by atoms with E-state index in [4.69, 9.17) is 9.73 Å². The van der Waals surface area contributed by atoms with Crippen molar-refractivity contribution in [3.63, 3.8) is 0 Å². The van der Waals surface area contributed by atoms with Gasteiger partial charge in [-0.3, -0.25) is 4.79 Å². The van der Waals surface area contributed by atoms with Crippen LogP contribution in [0, 0.1) is 13.8 Å². The third-order valence-electron chi connectivity index (χ3n) is 5.75. The molecule has 0 saturated heterocycles. The first-order valence-electron chi connectivity index (χ1n) is 11.2. The van der Waals surface area contributed by atoms with Crippen molar-refractivity contribution < 1.29 is 24.3 Å². The van der Waals surface area contributed by atoms with Gasteiger partial charge in [0.15, 0.2) is 17.8 Å². The van der Waals surface area contributed by atoms with Crippen LogP contribution in [0.2, 0.25) is 0 Å². The minimum absolute atomic E-state index is 0.0217. The van der Waals surface area contributed by atoms with Gasteiger partial charge in [-0.05, 0) is 60.3 Å². The second-order valence-corrected chi connectivity index (χ2v) is 8.44. The predicted octanol–water partition coefficient (Wildman–Crippen LogP) is 3.95. The molecule has 0 bridgehead atoms. The van der Waals surface area contributed by atoms with Gasteiger partial charge in [-0.15, -0.1) is 0 Å². The molecule has 2 heterocycles. The highest BCUT2D eigenvalue weighted by Crippen LogP contribution is 2.31. The first kappa shape index (κ1) is 23.8. The number of rotatable bonds is 7. The first-order chi connectivity index (χ1) is 16.9. The maximum absolute atomic E-state index is 11.4. The number of aryl methyl sites for hydroxylation is 2. The van der Waals surface area contributed by atoms with E-state index in [1.165, 1.54) is 7.11 Å². The zero-order chi connectivity index (χ0) is 24.9. The number of benzene rings is 2. The van der Waals surface area contributed by atoms with Gasteiger partial charge in [0.25, 0.3) is 0 Å². The Morgan fingerprint density at radius 3 is 2.49 bits per heavy atom. The number of hydrogen-bond acceptors (Lipinski definition) is 5. The summed E-state index contributed by atoms with van der Waals surface area (Å²) in [7, 11) is 1.53. The fraction of sp³-hybridized carbons (Fsp3) is 0.179. The molecule has 2 aromatic heterocycles. The maximum Gasteiger partial charge on any atom is 0.325 e. The molecule has 178 valence electrons. The molecule has 7 heteroatoms. The van der Waals surface area contributed by atoms with Crippen molar-refractivity contribution >= 4 is 12.1 Å². The SMILES string of the molecule is COc1cc(C)cc(Cn2ccccc2=Nc2cccc[n+]2Cc2cc(C)cc(C=O)c2O)c1O. The number of aldehydes is 1. The molecule has 0 spiro atoms. The monoisotopic (exact) mass is 470 g/mol. The highest BCUT2D eigenvalue weighted by molar-refractivity contribution is 5.80. The smallest absolute Gasteiger partial charge is 0.325 e. The molecule has 4 rings (SSSR count). The van der Waals surface area contributed by atoms with Crippen LogP contribution in [0.1, 0.15) is 32.6 Å². The van der Waals surface area contributed by atoms with Gasteiger partial charge in [-0.1, -0.05) is 18.2 Å². The summed E-state index contributed by atoms with van der Waals surface area (Å²) in [6.07, 6.45) is 4.45. The minimum Gasteiger partial charge on any atom is -0.507 e. The summed E-state index contributed by atoms with van der Waals surface area (Å²) in [6.45, 7) is 4.59. The van der Waals surface area contributed by atoms with E-state index in [1.54, 1.807) is 12.1 Å². The van der Waals surface area contributed by atoms with Crippen LogP contribution in [0.5, 0.6) is 17.2 Å². The lowest BCUT2D eigenvalue weighted by Gasteiger charge is -2.12. The summed E-state index contributed by atoms with van der Waals surface area (Å²) in [5.74, 6) is 1.19. The molecule has 2 N–H and O–H groups in total. The van der Waals surface area contributed by atoms with E-state index in [0.717, 1.165) is 16.7 Å². The average molecular weight is 471 g/mol. The molecular formula is C28H28N3O4+. The van der Waals surface area contributed by atoms with Gasteiger partial charge in [-0.25, -0.2) is 4.57 Å². The van der Waals surface area contributed by atoms with E-state index in [1.807, 2.05) is 83.9 Å². The zero-order valence-corrected chi connectivity index (χ0v) is 20.0. The van der Waals surface area contributed by atoms with Gasteiger partial charge in [0.05, 0.1) is 25.4 Å². The third kappa shape index (κ3) is 5.24. The highest BCUT2D eigenvalue weighted by Gasteiger charge is 2.16. The fourth-order valence-electron chi connectivity index (χ4n) is 4.08. The molecule has 0 aliphatic carbocycles. The zero-order valence-electron chi connectivity index (χ0n) is 20.0. The van der Waals surface area contributed by atoms with E-state index in [0.29, 0.717) is 42.0 Å². The molecule has 0 radical (unpaired) electrons. The molecule has 4 aromatic rings. The summed E-state index contributed by atoms with van der Waals surface area (Å²) in [5, 5.41) is 21.2. The largest absolute Gasteiger partial charge is 0.507 e. The Labute approximate surface area is 203 Å². The number of methoxy groups -OCH3 is 1. The van der Waals surface area contributed by atoms with Crippen molar-refractivity contribution in [2.24, 2.45) is 4.99 Å². The van der Waals surface area contributed by atoms with E-state index < -0.39 is 0 Å². The number of ether oxygens (including phenoxy) is 1. The van der Waals surface area contributed by atoms with Gasteiger partial charge in [-0.2, -0.15) is 0 Å². The maximum atomic E-state index is 11.4. The Morgan fingerprint density at radius 1 is 0.971 bits per heavy atom. The van der Waals surface area contributed by atoms with Crippen molar-refractivity contribution in [1.82, 2.24) is 4.57 Å². The number of carbonyl (C=O) groups excluding carboxylic acids is 1. The molecule has 0 aliphatic heterocycles. The molecular weight excluding hydrogens is 442 g/mol. The Balaban J connectivity index is 1.75. The molecule has 0 saturated carbocycles. The Kier molecular flexibility index (Phi) is 6.96. The average Bonchev–Trinajstić information content (AvgIpc) is 2.85. The van der Waals surface area contributed by atoms with E-state index in [9.17, 15) is 15.0 Å². The summed E-state index contributed by atoms with van der Waals surface area (Å²) in [4.78, 5) is 16.2. The lowest BCUT2D eigenvalue weighted by Crippen LogP contribution is -2.35. The minimum atomic E-state index is -0.0217. The number of aromatic nitrogens is 2. The standard InChI is InChI=1S/C28H27N3O4/c1-19-12-21(27(33)23(14-19)18-32)16-30-10-6-4-8-25(30)29-26-9-5-7-11-31(26)17-22-13-20(2)15-24(35-3)28(22)34/h4-15,18H,16-17H2,1-3H3,(H-,32,33,34)/p+1. The van der Waals surface area contributed by atoms with Crippen LogP contribution in [0.25, 0.3) is 0 Å². The second-order valence-electron chi connectivity index (χ2n) is 8.44. The first-order valence-corrected chi connectivity index (χ1v) is 11.2. The van der Waals surface area contributed by atoms with E-state index in [2.05, 4.69) is 0 Å². The highest BCUT2D eigenvalue weighted by atomic mass is 16.5. The van der Waals surface area contributed by atoms with Crippen LogP contribution < -0.4 is 14.8 Å². The molecule has 0 atom stereocenters. The lowest BCUT2D eigenvalue weighted by molar-refractivity contribution is -0.675. The third-order valence-corrected chi connectivity index (χ3v) is 5.75. The van der Waals surface area contributed by atoms with Crippen LogP contribution in [0.4, 0.5) is 5.82 Å². The summed E-state index contributed by atoms with van der Waals surface area (Å²) >= 11 is 0. The molecule has 2 aromatic carbocycles. The summed E-state index contributed by atoms with van der Waals surface area (Å²) < 4.78 is 9.16. The molecule has 0 amide bonds. The van der Waals surface area contributed by atoms with Crippen molar-refractivity contribution in [2.45, 2.75) is 26.9 Å². The number of phenolic OH excluding ortho intramolecular Hbond substituents is 2. The van der Waals surface area contributed by atoms with Gasteiger partial charge >= 0.3 is 5.82 Å².